The summed E-state index contributed by atoms with van der Waals surface area (Å²) in [6, 6.07) is 12.6. The van der Waals surface area contributed by atoms with Crippen molar-refractivity contribution in [3.8, 4) is 0 Å². The molecule has 0 aliphatic heterocycles. The van der Waals surface area contributed by atoms with Crippen LogP contribution in [-0.2, 0) is 0 Å². The van der Waals surface area contributed by atoms with Crippen molar-refractivity contribution in [2.45, 2.75) is 6.10 Å². The molecule has 0 aliphatic carbocycles. The van der Waals surface area contributed by atoms with Crippen molar-refractivity contribution >= 4 is 21.8 Å². The minimum atomic E-state index is -0.722. The first-order chi connectivity index (χ1) is 9.16. The van der Waals surface area contributed by atoms with Crippen molar-refractivity contribution in [1.82, 2.24) is 10.3 Å². The molecular weight excluding hydrogens is 308 g/mol. The van der Waals surface area contributed by atoms with Crippen LogP contribution in [0.1, 0.15) is 22.2 Å². The summed E-state index contributed by atoms with van der Waals surface area (Å²) >= 11 is 3.25. The van der Waals surface area contributed by atoms with E-state index >= 15 is 0 Å². The van der Waals surface area contributed by atoms with Crippen LogP contribution in [0.25, 0.3) is 0 Å². The van der Waals surface area contributed by atoms with Gasteiger partial charge in [-0.1, -0.05) is 30.3 Å². The van der Waals surface area contributed by atoms with E-state index in [-0.39, 0.29) is 12.5 Å². The van der Waals surface area contributed by atoms with E-state index in [0.29, 0.717) is 5.69 Å². The molecule has 1 aromatic heterocycles. The lowest BCUT2D eigenvalue weighted by atomic mass is 10.1. The first kappa shape index (κ1) is 13.7. The summed E-state index contributed by atoms with van der Waals surface area (Å²) in [6.45, 7) is 0.153. The minimum Gasteiger partial charge on any atom is -0.387 e. The molecule has 1 aromatic carbocycles. The minimum absolute atomic E-state index is 0.153. The average molecular weight is 321 g/mol. The monoisotopic (exact) mass is 320 g/mol. The number of aromatic nitrogens is 1. The maximum absolute atomic E-state index is 11.8. The van der Waals surface area contributed by atoms with Gasteiger partial charge in [-0.3, -0.25) is 4.79 Å². The Labute approximate surface area is 119 Å². The SMILES string of the molecule is O=C(NCC(O)c1ccccc1)c1ccc(Br)cn1. The van der Waals surface area contributed by atoms with Gasteiger partial charge in [0.25, 0.3) is 5.91 Å². The summed E-state index contributed by atoms with van der Waals surface area (Å²) in [5, 5.41) is 12.6. The lowest BCUT2D eigenvalue weighted by Crippen LogP contribution is -2.28. The normalized spacial score (nSPS) is 11.9. The Balaban J connectivity index is 1.92. The second-order valence-electron chi connectivity index (χ2n) is 4.00. The lowest BCUT2D eigenvalue weighted by molar-refractivity contribution is 0.0911. The maximum Gasteiger partial charge on any atom is 0.269 e. The van der Waals surface area contributed by atoms with Gasteiger partial charge in [-0.2, -0.15) is 0 Å². The number of hydrogen-bond donors (Lipinski definition) is 2. The fourth-order valence-corrected chi connectivity index (χ4v) is 1.82. The van der Waals surface area contributed by atoms with Crippen LogP contribution in [-0.4, -0.2) is 22.5 Å². The third-order valence-corrected chi connectivity index (χ3v) is 3.07. The van der Waals surface area contributed by atoms with Crippen LogP contribution in [0, 0.1) is 0 Å². The van der Waals surface area contributed by atoms with E-state index < -0.39 is 6.10 Å². The van der Waals surface area contributed by atoms with Gasteiger partial charge in [0.15, 0.2) is 0 Å². The van der Waals surface area contributed by atoms with Crippen molar-refractivity contribution in [3.63, 3.8) is 0 Å². The highest BCUT2D eigenvalue weighted by Gasteiger charge is 2.11. The molecule has 0 saturated carbocycles. The van der Waals surface area contributed by atoms with Crippen LogP contribution in [0.4, 0.5) is 0 Å². The molecule has 0 fully saturated rings. The van der Waals surface area contributed by atoms with E-state index in [4.69, 9.17) is 0 Å². The molecule has 1 heterocycles. The topological polar surface area (TPSA) is 62.2 Å². The molecule has 1 amide bonds. The van der Waals surface area contributed by atoms with E-state index in [2.05, 4.69) is 26.2 Å². The summed E-state index contributed by atoms with van der Waals surface area (Å²) < 4.78 is 0.813. The number of aliphatic hydroxyl groups excluding tert-OH is 1. The highest BCUT2D eigenvalue weighted by Crippen LogP contribution is 2.11. The summed E-state index contributed by atoms with van der Waals surface area (Å²) in [6.07, 6.45) is 0.836. The predicted molar refractivity (Wildman–Crippen MR) is 75.7 cm³/mol. The third kappa shape index (κ3) is 3.87. The van der Waals surface area contributed by atoms with Gasteiger partial charge in [0.05, 0.1) is 6.10 Å². The molecule has 2 N–H and O–H groups in total. The Kier molecular flexibility index (Phi) is 4.65. The highest BCUT2D eigenvalue weighted by atomic mass is 79.9. The molecular formula is C14H13BrN2O2. The number of hydrogen-bond acceptors (Lipinski definition) is 3. The molecule has 5 heteroatoms. The van der Waals surface area contributed by atoms with Crippen molar-refractivity contribution in [3.05, 3.63) is 64.4 Å². The highest BCUT2D eigenvalue weighted by molar-refractivity contribution is 9.10. The fourth-order valence-electron chi connectivity index (χ4n) is 1.58. The largest absolute Gasteiger partial charge is 0.387 e. The van der Waals surface area contributed by atoms with Crippen LogP contribution in [0.5, 0.6) is 0 Å². The first-order valence-electron chi connectivity index (χ1n) is 5.79. The molecule has 0 radical (unpaired) electrons. The Hall–Kier alpha value is -1.72. The number of pyridine rings is 1. The number of carbonyl (C=O) groups is 1. The lowest BCUT2D eigenvalue weighted by Gasteiger charge is -2.11. The molecule has 1 unspecified atom stereocenters. The van der Waals surface area contributed by atoms with E-state index in [1.165, 1.54) is 0 Å². The number of amides is 1. The van der Waals surface area contributed by atoms with Crippen LogP contribution in [0.3, 0.4) is 0 Å². The number of nitrogens with one attached hydrogen (secondary N) is 1. The zero-order valence-corrected chi connectivity index (χ0v) is 11.7. The van der Waals surface area contributed by atoms with Crippen LogP contribution in [0.15, 0.2) is 53.1 Å². The predicted octanol–water partition coefficient (Wildman–Crippen LogP) is 2.31. The van der Waals surface area contributed by atoms with Crippen LogP contribution in [0.2, 0.25) is 0 Å². The molecule has 19 heavy (non-hydrogen) atoms. The molecule has 0 spiro atoms. The Morgan fingerprint density at radius 3 is 2.63 bits per heavy atom. The first-order valence-corrected chi connectivity index (χ1v) is 6.59. The second-order valence-corrected chi connectivity index (χ2v) is 4.91. The van der Waals surface area contributed by atoms with Crippen molar-refractivity contribution in [2.75, 3.05) is 6.54 Å². The summed E-state index contributed by atoms with van der Waals surface area (Å²) in [4.78, 5) is 15.8. The number of aliphatic hydroxyl groups is 1. The Bertz CT molecular complexity index is 543. The zero-order valence-electron chi connectivity index (χ0n) is 10.1. The third-order valence-electron chi connectivity index (χ3n) is 2.60. The molecule has 1 atom stereocenters. The van der Waals surface area contributed by atoms with Crippen LogP contribution < -0.4 is 5.32 Å². The summed E-state index contributed by atoms with van der Waals surface area (Å²) in [5.74, 6) is -0.303. The van der Waals surface area contributed by atoms with Crippen molar-refractivity contribution < 1.29 is 9.90 Å². The summed E-state index contributed by atoms with van der Waals surface area (Å²) in [7, 11) is 0. The fraction of sp³-hybridized carbons (Fsp3) is 0.143. The molecule has 0 bridgehead atoms. The average Bonchev–Trinajstić information content (AvgIpc) is 2.46. The smallest absolute Gasteiger partial charge is 0.269 e. The van der Waals surface area contributed by atoms with Gasteiger partial charge in [0, 0.05) is 17.2 Å². The summed E-state index contributed by atoms with van der Waals surface area (Å²) in [5.41, 5.74) is 1.09. The number of nitrogens with zero attached hydrogens (tertiary/aromatic N) is 1. The zero-order chi connectivity index (χ0) is 13.7. The quantitative estimate of drug-likeness (QED) is 0.908. The molecule has 2 aromatic rings. The molecule has 98 valence electrons. The Morgan fingerprint density at radius 1 is 1.26 bits per heavy atom. The van der Waals surface area contributed by atoms with Gasteiger partial charge in [-0.15, -0.1) is 0 Å². The number of rotatable bonds is 4. The van der Waals surface area contributed by atoms with Gasteiger partial charge in [0.2, 0.25) is 0 Å². The molecule has 4 nitrogen and oxygen atoms in total. The van der Waals surface area contributed by atoms with Crippen molar-refractivity contribution in [1.29, 1.82) is 0 Å². The number of carbonyl (C=O) groups excluding carboxylic acids is 1. The number of benzene rings is 1. The number of halogens is 1. The molecule has 2 rings (SSSR count). The molecule has 0 saturated heterocycles. The standard InChI is InChI=1S/C14H13BrN2O2/c15-11-6-7-12(16-8-11)14(19)17-9-13(18)10-4-2-1-3-5-10/h1-8,13,18H,9H2,(H,17,19). The van der Waals surface area contributed by atoms with Crippen LogP contribution >= 0.6 is 15.9 Å². The van der Waals surface area contributed by atoms with Gasteiger partial charge in [-0.25, -0.2) is 4.98 Å². The second kappa shape index (κ2) is 6.45. The van der Waals surface area contributed by atoms with Gasteiger partial charge >= 0.3 is 0 Å². The van der Waals surface area contributed by atoms with E-state index in [1.807, 2.05) is 30.3 Å². The maximum atomic E-state index is 11.8. The van der Waals surface area contributed by atoms with Gasteiger partial charge in [0.1, 0.15) is 5.69 Å². The Morgan fingerprint density at radius 2 is 2.00 bits per heavy atom. The molecule has 0 aliphatic rings. The van der Waals surface area contributed by atoms with E-state index in [9.17, 15) is 9.90 Å². The van der Waals surface area contributed by atoms with E-state index in [0.717, 1.165) is 10.0 Å². The van der Waals surface area contributed by atoms with E-state index in [1.54, 1.807) is 18.3 Å². The van der Waals surface area contributed by atoms with Gasteiger partial charge in [-0.05, 0) is 33.6 Å². The van der Waals surface area contributed by atoms with Gasteiger partial charge < -0.3 is 10.4 Å². The van der Waals surface area contributed by atoms with Crippen molar-refractivity contribution in [2.24, 2.45) is 0 Å².